The van der Waals surface area contributed by atoms with Crippen molar-refractivity contribution >= 4 is 46.0 Å². The van der Waals surface area contributed by atoms with Crippen LogP contribution in [0.3, 0.4) is 0 Å². The molecule has 2 rings (SSSR count). The number of nitrogens with zero attached hydrogens (tertiary/aromatic N) is 3. The second-order valence-electron chi connectivity index (χ2n) is 3.71. The van der Waals surface area contributed by atoms with Crippen LogP contribution in [-0.4, -0.2) is 20.7 Å². The monoisotopic (exact) mass is 363 g/mol. The molecule has 90 valence electrons. The summed E-state index contributed by atoms with van der Waals surface area (Å²) in [6.45, 7) is 2.05. The van der Waals surface area contributed by atoms with Gasteiger partial charge in [0, 0.05) is 24.7 Å². The van der Waals surface area contributed by atoms with Gasteiger partial charge in [0.1, 0.15) is 21.3 Å². The van der Waals surface area contributed by atoms with Gasteiger partial charge in [0.15, 0.2) is 5.15 Å². The van der Waals surface area contributed by atoms with Crippen molar-refractivity contribution in [2.75, 3.05) is 0 Å². The molecule has 0 aliphatic carbocycles. The molecular weight excluding hydrogens is 352 g/mol. The van der Waals surface area contributed by atoms with Crippen LogP contribution in [0.2, 0.25) is 5.15 Å². The predicted molar refractivity (Wildman–Crippen MR) is 74.4 cm³/mol. The topological polar surface area (TPSA) is 47.3 Å². The molecule has 4 nitrogen and oxygen atoms in total. The Labute approximate surface area is 118 Å². The average molecular weight is 364 g/mol. The number of carbonyl (C=O) groups is 1. The molecule has 1 atom stereocenters. The summed E-state index contributed by atoms with van der Waals surface area (Å²) in [5.74, 6) is 1.00. The van der Waals surface area contributed by atoms with E-state index in [4.69, 9.17) is 11.6 Å². The van der Waals surface area contributed by atoms with Crippen molar-refractivity contribution in [2.24, 2.45) is 0 Å². The Bertz CT molecular complexity index is 555. The molecular formula is C11H11ClIN3O. The standard InChI is InChI=1S/C11H11ClIN3O/c1-2-7(3-6-17)11-15-10(13)8-9(12)14-4-5-16(8)11/h4-7H,2-3H2,1H3. The molecule has 2 heterocycles. The minimum atomic E-state index is 0.127. The molecule has 0 fully saturated rings. The van der Waals surface area contributed by atoms with Gasteiger partial charge in [-0.3, -0.25) is 4.40 Å². The summed E-state index contributed by atoms with van der Waals surface area (Å²) < 4.78 is 2.74. The molecule has 0 radical (unpaired) electrons. The molecule has 17 heavy (non-hydrogen) atoms. The first-order valence-corrected chi connectivity index (χ1v) is 6.76. The minimum absolute atomic E-state index is 0.127. The Morgan fingerprint density at radius 2 is 2.41 bits per heavy atom. The highest BCUT2D eigenvalue weighted by atomic mass is 127. The lowest BCUT2D eigenvalue weighted by molar-refractivity contribution is -0.108. The van der Waals surface area contributed by atoms with E-state index in [1.54, 1.807) is 6.20 Å². The lowest BCUT2D eigenvalue weighted by Gasteiger charge is -2.10. The van der Waals surface area contributed by atoms with Crippen molar-refractivity contribution in [1.29, 1.82) is 0 Å². The summed E-state index contributed by atoms with van der Waals surface area (Å²) in [6.07, 6.45) is 5.76. The summed E-state index contributed by atoms with van der Waals surface area (Å²) in [7, 11) is 0. The van der Waals surface area contributed by atoms with Crippen molar-refractivity contribution in [3.05, 3.63) is 27.1 Å². The number of aldehydes is 1. The van der Waals surface area contributed by atoms with Gasteiger partial charge in [0.25, 0.3) is 0 Å². The van der Waals surface area contributed by atoms with E-state index in [0.29, 0.717) is 11.6 Å². The zero-order chi connectivity index (χ0) is 12.4. The number of aromatic nitrogens is 3. The molecule has 0 spiro atoms. The van der Waals surface area contributed by atoms with E-state index < -0.39 is 0 Å². The Morgan fingerprint density at radius 1 is 1.65 bits per heavy atom. The quantitative estimate of drug-likeness (QED) is 0.619. The van der Waals surface area contributed by atoms with Crippen LogP contribution in [0, 0.1) is 3.70 Å². The number of rotatable bonds is 4. The molecule has 0 bridgehead atoms. The maximum atomic E-state index is 10.7. The van der Waals surface area contributed by atoms with Crippen molar-refractivity contribution < 1.29 is 4.79 Å². The second-order valence-corrected chi connectivity index (χ2v) is 5.08. The fraction of sp³-hybridized carbons (Fsp3) is 0.364. The third-order valence-corrected chi connectivity index (χ3v) is 3.76. The number of imidazole rings is 1. The third-order valence-electron chi connectivity index (χ3n) is 2.73. The van der Waals surface area contributed by atoms with Gasteiger partial charge < -0.3 is 4.79 Å². The lowest BCUT2D eigenvalue weighted by Crippen LogP contribution is -2.04. The largest absolute Gasteiger partial charge is 0.303 e. The maximum absolute atomic E-state index is 10.7. The molecule has 0 saturated heterocycles. The van der Waals surface area contributed by atoms with Crippen LogP contribution in [0.15, 0.2) is 12.4 Å². The van der Waals surface area contributed by atoms with Gasteiger partial charge in [-0.2, -0.15) is 0 Å². The number of hydrogen-bond donors (Lipinski definition) is 0. The Kier molecular flexibility index (Phi) is 3.98. The van der Waals surface area contributed by atoms with Crippen LogP contribution in [0.4, 0.5) is 0 Å². The summed E-state index contributed by atoms with van der Waals surface area (Å²) >= 11 is 8.19. The Balaban J connectivity index is 2.62. The Morgan fingerprint density at radius 3 is 3.06 bits per heavy atom. The number of hydrogen-bond acceptors (Lipinski definition) is 3. The van der Waals surface area contributed by atoms with Crippen LogP contribution in [0.5, 0.6) is 0 Å². The van der Waals surface area contributed by atoms with Crippen LogP contribution >= 0.6 is 34.2 Å². The van der Waals surface area contributed by atoms with Crippen LogP contribution in [0.1, 0.15) is 31.5 Å². The zero-order valence-electron chi connectivity index (χ0n) is 9.23. The third kappa shape index (κ3) is 2.30. The fourth-order valence-corrected chi connectivity index (χ4v) is 3.00. The first kappa shape index (κ1) is 12.8. The molecule has 0 aliphatic heterocycles. The molecule has 2 aromatic rings. The molecule has 0 N–H and O–H groups in total. The van der Waals surface area contributed by atoms with Gasteiger partial charge in [-0.05, 0) is 29.0 Å². The number of fused-ring (bicyclic) bond motifs is 1. The molecule has 2 aromatic heterocycles. The van der Waals surface area contributed by atoms with E-state index in [1.165, 1.54) is 0 Å². The first-order valence-electron chi connectivity index (χ1n) is 5.30. The van der Waals surface area contributed by atoms with Crippen LogP contribution in [-0.2, 0) is 4.79 Å². The van der Waals surface area contributed by atoms with E-state index in [0.717, 1.165) is 27.7 Å². The van der Waals surface area contributed by atoms with Crippen LogP contribution in [0.25, 0.3) is 5.52 Å². The fourth-order valence-electron chi connectivity index (χ4n) is 1.84. The SMILES string of the molecule is CCC(CC=O)c1nc(I)c2c(Cl)nccn12. The average Bonchev–Trinajstić information content (AvgIpc) is 2.65. The van der Waals surface area contributed by atoms with E-state index >= 15 is 0 Å². The van der Waals surface area contributed by atoms with E-state index in [9.17, 15) is 4.79 Å². The van der Waals surface area contributed by atoms with Crippen molar-refractivity contribution in [1.82, 2.24) is 14.4 Å². The zero-order valence-corrected chi connectivity index (χ0v) is 12.1. The molecule has 6 heteroatoms. The first-order chi connectivity index (χ1) is 8.19. The Hall–Kier alpha value is -0.690. The van der Waals surface area contributed by atoms with Crippen molar-refractivity contribution in [3.8, 4) is 0 Å². The highest BCUT2D eigenvalue weighted by Crippen LogP contribution is 2.28. The number of carbonyl (C=O) groups excluding carboxylic acids is 1. The second kappa shape index (κ2) is 5.30. The predicted octanol–water partition coefficient (Wildman–Crippen LogP) is 3.07. The van der Waals surface area contributed by atoms with Crippen molar-refractivity contribution in [3.63, 3.8) is 0 Å². The van der Waals surface area contributed by atoms with Gasteiger partial charge in [0.2, 0.25) is 0 Å². The van der Waals surface area contributed by atoms with Gasteiger partial charge in [0.05, 0.1) is 0 Å². The van der Waals surface area contributed by atoms with E-state index in [1.807, 2.05) is 17.5 Å². The van der Waals surface area contributed by atoms with E-state index in [-0.39, 0.29) is 5.92 Å². The summed E-state index contributed by atoms with van der Waals surface area (Å²) in [4.78, 5) is 19.2. The molecule has 0 aliphatic rings. The molecule has 0 aromatic carbocycles. The molecule has 1 unspecified atom stereocenters. The highest BCUT2D eigenvalue weighted by molar-refractivity contribution is 14.1. The maximum Gasteiger partial charge on any atom is 0.155 e. The minimum Gasteiger partial charge on any atom is -0.303 e. The van der Waals surface area contributed by atoms with Gasteiger partial charge in [-0.1, -0.05) is 18.5 Å². The smallest absolute Gasteiger partial charge is 0.155 e. The van der Waals surface area contributed by atoms with Gasteiger partial charge in [-0.15, -0.1) is 0 Å². The van der Waals surface area contributed by atoms with Crippen molar-refractivity contribution in [2.45, 2.75) is 25.7 Å². The summed E-state index contributed by atoms with van der Waals surface area (Å²) in [5, 5.41) is 0.441. The van der Waals surface area contributed by atoms with Gasteiger partial charge in [-0.25, -0.2) is 9.97 Å². The number of halogens is 2. The van der Waals surface area contributed by atoms with Crippen LogP contribution < -0.4 is 0 Å². The molecule has 0 saturated carbocycles. The summed E-state index contributed by atoms with van der Waals surface area (Å²) in [5.41, 5.74) is 0.814. The summed E-state index contributed by atoms with van der Waals surface area (Å²) in [6, 6.07) is 0. The van der Waals surface area contributed by atoms with Gasteiger partial charge >= 0.3 is 0 Å². The lowest BCUT2D eigenvalue weighted by atomic mass is 10.0. The van der Waals surface area contributed by atoms with E-state index in [2.05, 4.69) is 32.6 Å². The normalized spacial score (nSPS) is 12.9. The molecule has 0 amide bonds. The highest BCUT2D eigenvalue weighted by Gasteiger charge is 2.19.